The van der Waals surface area contributed by atoms with Gasteiger partial charge in [0.15, 0.2) is 6.10 Å². The van der Waals surface area contributed by atoms with Crippen LogP contribution in [0, 0.1) is 0 Å². The van der Waals surface area contributed by atoms with Gasteiger partial charge in [0.25, 0.3) is 0 Å². The first-order chi connectivity index (χ1) is 10.1. The first-order valence-electron chi connectivity index (χ1n) is 6.68. The van der Waals surface area contributed by atoms with Crippen molar-refractivity contribution in [2.45, 2.75) is 25.0 Å². The normalized spacial score (nSPS) is 26.5. The van der Waals surface area contributed by atoms with E-state index in [0.29, 0.717) is 12.3 Å². The number of benzene rings is 1. The lowest BCUT2D eigenvalue weighted by atomic mass is 10.2. The molecule has 22 heavy (non-hydrogen) atoms. The molecule has 0 amide bonds. The van der Waals surface area contributed by atoms with Crippen LogP contribution in [0.25, 0.3) is 0 Å². The highest BCUT2D eigenvalue weighted by Gasteiger charge is 2.65. The highest BCUT2D eigenvalue weighted by atomic mass is 16.8. The van der Waals surface area contributed by atoms with E-state index in [1.54, 1.807) is 36.1 Å². The molecule has 2 aliphatic heterocycles. The Morgan fingerprint density at radius 2 is 1.86 bits per heavy atom. The van der Waals surface area contributed by atoms with Crippen molar-refractivity contribution in [3.63, 3.8) is 0 Å². The summed E-state index contributed by atoms with van der Waals surface area (Å²) in [7, 11) is 0. The zero-order valence-electron chi connectivity index (χ0n) is 11.9. The second kappa shape index (κ2) is 5.91. The lowest BCUT2D eigenvalue weighted by Gasteiger charge is -2.31. The molecule has 0 radical (unpaired) electrons. The molecule has 8 heteroatoms. The number of rotatable bonds is 3. The fourth-order valence-corrected chi connectivity index (χ4v) is 2.61. The van der Waals surface area contributed by atoms with Gasteiger partial charge in [-0.05, 0) is 12.1 Å². The van der Waals surface area contributed by atoms with E-state index in [1.165, 1.54) is 0 Å². The maximum atomic E-state index is 11.3. The first kappa shape index (κ1) is 16.2. The third-order valence-corrected chi connectivity index (χ3v) is 3.62. The maximum absolute atomic E-state index is 11.3. The summed E-state index contributed by atoms with van der Waals surface area (Å²) in [6.45, 7) is 2.50. The van der Waals surface area contributed by atoms with Crippen molar-refractivity contribution in [2.24, 2.45) is 0 Å². The molecule has 2 atom stereocenters. The summed E-state index contributed by atoms with van der Waals surface area (Å²) in [5.74, 6) is -3.41. The molecule has 8 nitrogen and oxygen atoms in total. The SMILES string of the molecule is CCN1CC(Oc2ccccc2)C(O)C12OC(=O)C(=O)O2.O. The van der Waals surface area contributed by atoms with Gasteiger partial charge in [0, 0.05) is 13.1 Å². The molecular formula is C14H17NO7. The molecule has 2 fully saturated rings. The summed E-state index contributed by atoms with van der Waals surface area (Å²) in [5.41, 5.74) is 0. The van der Waals surface area contributed by atoms with Gasteiger partial charge in [-0.2, -0.15) is 0 Å². The Morgan fingerprint density at radius 1 is 1.27 bits per heavy atom. The van der Waals surface area contributed by atoms with Gasteiger partial charge >= 0.3 is 17.8 Å². The largest absolute Gasteiger partial charge is 0.486 e. The van der Waals surface area contributed by atoms with E-state index in [0.717, 1.165) is 0 Å². The number of esters is 2. The predicted octanol–water partition coefficient (Wildman–Crippen LogP) is -0.940. The Morgan fingerprint density at radius 3 is 2.41 bits per heavy atom. The number of likely N-dealkylation sites (tertiary alicyclic amines) is 1. The monoisotopic (exact) mass is 311 g/mol. The van der Waals surface area contributed by atoms with Gasteiger partial charge in [-0.3, -0.25) is 0 Å². The molecule has 0 aromatic heterocycles. The quantitative estimate of drug-likeness (QED) is 0.565. The minimum absolute atomic E-state index is 0. The van der Waals surface area contributed by atoms with Crippen LogP contribution >= 0.6 is 0 Å². The highest BCUT2D eigenvalue weighted by Crippen LogP contribution is 2.37. The molecule has 2 heterocycles. The van der Waals surface area contributed by atoms with E-state index in [4.69, 9.17) is 14.2 Å². The van der Waals surface area contributed by atoms with Crippen LogP contribution in [0.2, 0.25) is 0 Å². The van der Waals surface area contributed by atoms with Gasteiger partial charge in [-0.1, -0.05) is 25.1 Å². The average molecular weight is 311 g/mol. The fourth-order valence-electron chi connectivity index (χ4n) is 2.61. The molecule has 2 unspecified atom stereocenters. The minimum atomic E-state index is -1.78. The van der Waals surface area contributed by atoms with E-state index >= 15 is 0 Å². The van der Waals surface area contributed by atoms with Gasteiger partial charge < -0.3 is 24.8 Å². The standard InChI is InChI=1S/C14H15NO6.H2O/c1-2-15-8-10(19-9-6-4-3-5-7-9)11(16)14(15)20-12(17)13(18)21-14;/h3-7,10-11,16H,2,8H2,1H3;1H2. The number of para-hydroxylation sites is 1. The van der Waals surface area contributed by atoms with Crippen LogP contribution in [-0.4, -0.2) is 58.6 Å². The zero-order chi connectivity index (χ0) is 15.0. The molecule has 1 spiro atoms. The van der Waals surface area contributed by atoms with Gasteiger partial charge in [0.05, 0.1) is 0 Å². The smallest absolute Gasteiger partial charge is 0.422 e. The molecule has 1 aromatic carbocycles. The molecule has 0 bridgehead atoms. The number of hydrogen-bond donors (Lipinski definition) is 1. The van der Waals surface area contributed by atoms with Crippen molar-refractivity contribution in [3.8, 4) is 5.75 Å². The molecule has 120 valence electrons. The molecule has 2 saturated heterocycles. The summed E-state index contributed by atoms with van der Waals surface area (Å²) in [5, 5.41) is 10.4. The molecule has 3 N–H and O–H groups in total. The first-order valence-corrected chi connectivity index (χ1v) is 6.68. The average Bonchev–Trinajstić information content (AvgIpc) is 2.92. The molecule has 0 aliphatic carbocycles. The van der Waals surface area contributed by atoms with Gasteiger partial charge in [0.2, 0.25) is 0 Å². The number of aliphatic hydroxyl groups is 1. The Balaban J connectivity index is 0.00000176. The molecule has 3 rings (SSSR count). The van der Waals surface area contributed by atoms with Crippen LogP contribution in [0.15, 0.2) is 30.3 Å². The van der Waals surface area contributed by atoms with Crippen LogP contribution in [-0.2, 0) is 19.1 Å². The summed E-state index contributed by atoms with van der Waals surface area (Å²) in [6, 6.07) is 8.96. The number of aliphatic hydroxyl groups excluding tert-OH is 1. The van der Waals surface area contributed by atoms with Crippen molar-refractivity contribution in [1.29, 1.82) is 0 Å². The second-order valence-electron chi connectivity index (χ2n) is 4.86. The predicted molar refractivity (Wildman–Crippen MR) is 72.6 cm³/mol. The third kappa shape index (κ3) is 2.41. The van der Waals surface area contributed by atoms with Crippen molar-refractivity contribution in [3.05, 3.63) is 30.3 Å². The van der Waals surface area contributed by atoms with Crippen molar-refractivity contribution < 1.29 is 34.4 Å². The van der Waals surface area contributed by atoms with Gasteiger partial charge in [-0.25, -0.2) is 14.5 Å². The summed E-state index contributed by atoms with van der Waals surface area (Å²) in [4.78, 5) is 24.2. The van der Waals surface area contributed by atoms with Crippen molar-refractivity contribution in [1.82, 2.24) is 4.90 Å². The number of carbonyl (C=O) groups excluding carboxylic acids is 2. The molecular weight excluding hydrogens is 294 g/mol. The maximum Gasteiger partial charge on any atom is 0.422 e. The molecule has 0 saturated carbocycles. The Bertz CT molecular complexity index is 546. The Hall–Kier alpha value is -2.16. The Kier molecular flexibility index (Phi) is 4.36. The summed E-state index contributed by atoms with van der Waals surface area (Å²) < 4.78 is 15.7. The molecule has 1 aromatic rings. The van der Waals surface area contributed by atoms with Crippen molar-refractivity contribution in [2.75, 3.05) is 13.1 Å². The number of ether oxygens (including phenoxy) is 3. The van der Waals surface area contributed by atoms with Crippen molar-refractivity contribution >= 4 is 11.9 Å². The van der Waals surface area contributed by atoms with Crippen LogP contribution < -0.4 is 4.74 Å². The van der Waals surface area contributed by atoms with E-state index in [9.17, 15) is 14.7 Å². The topological polar surface area (TPSA) is 117 Å². The molecule has 2 aliphatic rings. The minimum Gasteiger partial charge on any atom is -0.486 e. The Labute approximate surface area is 126 Å². The number of hydrogen-bond acceptors (Lipinski definition) is 7. The lowest BCUT2D eigenvalue weighted by Crippen LogP contribution is -2.53. The van der Waals surface area contributed by atoms with Crippen LogP contribution in [0.5, 0.6) is 5.75 Å². The third-order valence-electron chi connectivity index (χ3n) is 3.62. The van der Waals surface area contributed by atoms with Gasteiger partial charge in [-0.15, -0.1) is 0 Å². The van der Waals surface area contributed by atoms with Crippen LogP contribution in [0.4, 0.5) is 0 Å². The van der Waals surface area contributed by atoms with E-state index in [1.807, 2.05) is 6.07 Å². The van der Waals surface area contributed by atoms with Crippen LogP contribution in [0.1, 0.15) is 6.92 Å². The number of nitrogens with zero attached hydrogens (tertiary/aromatic N) is 1. The lowest BCUT2D eigenvalue weighted by molar-refractivity contribution is -0.270. The second-order valence-corrected chi connectivity index (χ2v) is 4.86. The highest BCUT2D eigenvalue weighted by molar-refractivity contribution is 6.31. The summed E-state index contributed by atoms with van der Waals surface area (Å²) >= 11 is 0. The van der Waals surface area contributed by atoms with E-state index < -0.39 is 30.1 Å². The van der Waals surface area contributed by atoms with E-state index in [-0.39, 0.29) is 12.0 Å². The van der Waals surface area contributed by atoms with E-state index in [2.05, 4.69) is 0 Å². The summed E-state index contributed by atoms with van der Waals surface area (Å²) in [6.07, 6.45) is -1.96. The number of likely N-dealkylation sites (N-methyl/N-ethyl adjacent to an activating group) is 1. The number of carbonyl (C=O) groups is 2. The van der Waals surface area contributed by atoms with Crippen LogP contribution in [0.3, 0.4) is 0 Å². The fraction of sp³-hybridized carbons (Fsp3) is 0.429. The zero-order valence-corrected chi connectivity index (χ0v) is 11.9. The van der Waals surface area contributed by atoms with Gasteiger partial charge in [0.1, 0.15) is 11.9 Å².